The van der Waals surface area contributed by atoms with Gasteiger partial charge >= 0.3 is 6.03 Å². The Morgan fingerprint density at radius 3 is 1.86 bits per heavy atom. The molecule has 0 saturated heterocycles. The van der Waals surface area contributed by atoms with Crippen LogP contribution in [-0.4, -0.2) is 90.4 Å². The number of amides is 4. The predicted octanol–water partition coefficient (Wildman–Crippen LogP) is -2.02. The van der Waals surface area contributed by atoms with Crippen LogP contribution in [0.15, 0.2) is 40.3 Å². The summed E-state index contributed by atoms with van der Waals surface area (Å²) < 4.78 is 0. The Kier molecular flexibility index (Phi) is 17.0. The highest BCUT2D eigenvalue weighted by Crippen LogP contribution is 2.08. The zero-order valence-corrected chi connectivity index (χ0v) is 24.5. The summed E-state index contributed by atoms with van der Waals surface area (Å²) >= 11 is 0. The van der Waals surface area contributed by atoms with E-state index in [-0.39, 0.29) is 44.0 Å². The van der Waals surface area contributed by atoms with E-state index < -0.39 is 42.0 Å². The van der Waals surface area contributed by atoms with Crippen molar-refractivity contribution in [2.75, 3.05) is 26.3 Å². The topological polar surface area (TPSA) is 269 Å². The van der Waals surface area contributed by atoms with Gasteiger partial charge in [-0.25, -0.2) is 4.79 Å². The van der Waals surface area contributed by atoms with E-state index in [1.807, 2.05) is 30.3 Å². The van der Waals surface area contributed by atoms with Crippen molar-refractivity contribution in [3.63, 3.8) is 0 Å². The summed E-state index contributed by atoms with van der Waals surface area (Å²) in [4.78, 5) is 47.1. The molecule has 0 spiro atoms. The van der Waals surface area contributed by atoms with Gasteiger partial charge < -0.3 is 54.4 Å². The molecule has 0 aliphatic rings. The van der Waals surface area contributed by atoms with Gasteiger partial charge in [0, 0.05) is 13.1 Å². The van der Waals surface area contributed by atoms with Crippen molar-refractivity contribution in [1.82, 2.24) is 21.3 Å². The highest BCUT2D eigenvalue weighted by Gasteiger charge is 2.30. The first-order valence-electron chi connectivity index (χ1n) is 14.0. The summed E-state index contributed by atoms with van der Waals surface area (Å²) in [6.07, 6.45) is 1.87. The number of carbonyl (C=O) groups is 3. The standard InChI is InChI=1S/C27H48N10O5/c1-17(2)22(24(41)34-19(15-38)10-6-12-32-25(28)29)37-23(40)21(11-7-13-33-26(30)31)36-27(42)35-20(16-39)14-18-8-4-3-5-9-18/h3-5,8-9,17,19-22,38-39H,6-7,10-16H2,1-2H3,(H,34,41)(H,37,40)(H4,28,29,32)(H4,30,31,33)(H2,35,36,42)/t19-,20-,21-,22-/m0/s1. The Labute approximate surface area is 247 Å². The maximum atomic E-state index is 13.3. The minimum Gasteiger partial charge on any atom is -0.394 e. The highest BCUT2D eigenvalue weighted by molar-refractivity contribution is 5.92. The lowest BCUT2D eigenvalue weighted by Gasteiger charge is -2.27. The van der Waals surface area contributed by atoms with Crippen LogP contribution in [0.2, 0.25) is 0 Å². The number of hydrogen-bond donors (Lipinski definition) is 10. The number of nitrogens with zero attached hydrogens (tertiary/aromatic N) is 2. The molecule has 0 radical (unpaired) electrons. The van der Waals surface area contributed by atoms with Gasteiger partial charge in [0.2, 0.25) is 11.8 Å². The van der Waals surface area contributed by atoms with Gasteiger partial charge in [-0.3, -0.25) is 19.6 Å². The number of nitrogens with one attached hydrogen (secondary N) is 4. The molecule has 0 fully saturated rings. The maximum absolute atomic E-state index is 13.3. The van der Waals surface area contributed by atoms with Gasteiger partial charge in [-0.05, 0) is 43.6 Å². The van der Waals surface area contributed by atoms with Crippen LogP contribution in [0.3, 0.4) is 0 Å². The number of guanidine groups is 2. The number of urea groups is 1. The lowest BCUT2D eigenvalue weighted by Crippen LogP contribution is -2.58. The second kappa shape index (κ2) is 19.9. The van der Waals surface area contributed by atoms with Crippen LogP contribution < -0.4 is 44.2 Å². The summed E-state index contributed by atoms with van der Waals surface area (Å²) in [6, 6.07) is 5.56. The summed E-state index contributed by atoms with van der Waals surface area (Å²) in [5.41, 5.74) is 22.3. The van der Waals surface area contributed by atoms with Crippen LogP contribution >= 0.6 is 0 Å². The largest absolute Gasteiger partial charge is 0.394 e. The Bertz CT molecular complexity index is 1010. The van der Waals surface area contributed by atoms with Crippen molar-refractivity contribution in [3.05, 3.63) is 35.9 Å². The second-order valence-electron chi connectivity index (χ2n) is 10.3. The van der Waals surface area contributed by atoms with Gasteiger partial charge in [0.15, 0.2) is 11.9 Å². The van der Waals surface area contributed by atoms with Crippen LogP contribution in [-0.2, 0) is 16.0 Å². The zero-order chi connectivity index (χ0) is 31.5. The van der Waals surface area contributed by atoms with Crippen LogP contribution in [0, 0.1) is 5.92 Å². The molecular weight excluding hydrogens is 544 g/mol. The Morgan fingerprint density at radius 1 is 0.762 bits per heavy atom. The fourth-order valence-electron chi connectivity index (χ4n) is 4.05. The number of nitrogens with two attached hydrogens (primary N) is 4. The van der Waals surface area contributed by atoms with E-state index >= 15 is 0 Å². The maximum Gasteiger partial charge on any atom is 0.315 e. The molecule has 0 aromatic heterocycles. The van der Waals surface area contributed by atoms with Gasteiger partial charge in [-0.15, -0.1) is 0 Å². The SMILES string of the molecule is CC(C)[C@H](NC(=O)[C@H](CCCN=C(N)N)NC(=O)N[C@H](CO)Cc1ccccc1)C(=O)N[C@H](CO)CCCN=C(N)N. The van der Waals surface area contributed by atoms with Gasteiger partial charge in [0.1, 0.15) is 12.1 Å². The van der Waals surface area contributed by atoms with Gasteiger partial charge in [-0.2, -0.15) is 0 Å². The Balaban J connectivity index is 2.91. The monoisotopic (exact) mass is 592 g/mol. The molecule has 0 unspecified atom stereocenters. The lowest BCUT2D eigenvalue weighted by molar-refractivity contribution is -0.131. The molecular formula is C27H48N10O5. The average Bonchev–Trinajstić information content (AvgIpc) is 2.94. The van der Waals surface area contributed by atoms with E-state index in [4.69, 9.17) is 22.9 Å². The first-order chi connectivity index (χ1) is 20.0. The van der Waals surface area contributed by atoms with Gasteiger partial charge in [0.25, 0.3) is 0 Å². The number of aliphatic imine (C=N–C) groups is 2. The van der Waals surface area contributed by atoms with Crippen LogP contribution in [0.25, 0.3) is 0 Å². The molecule has 0 heterocycles. The zero-order valence-electron chi connectivity index (χ0n) is 24.5. The molecule has 4 amide bonds. The van der Waals surface area contributed by atoms with E-state index in [9.17, 15) is 24.6 Å². The second-order valence-corrected chi connectivity index (χ2v) is 10.3. The molecule has 14 N–H and O–H groups in total. The number of hydrogen-bond acceptors (Lipinski definition) is 7. The van der Waals surface area contributed by atoms with E-state index in [1.54, 1.807) is 13.8 Å². The fourth-order valence-corrected chi connectivity index (χ4v) is 4.05. The molecule has 0 aliphatic heterocycles. The number of carbonyl (C=O) groups excluding carboxylic acids is 3. The van der Waals surface area contributed by atoms with Gasteiger partial charge in [-0.1, -0.05) is 44.2 Å². The molecule has 15 nitrogen and oxygen atoms in total. The van der Waals surface area contributed by atoms with Crippen LogP contribution in [0.1, 0.15) is 45.1 Å². The minimum absolute atomic E-state index is 0.0413. The first-order valence-corrected chi connectivity index (χ1v) is 14.0. The number of rotatable bonds is 19. The quantitative estimate of drug-likeness (QED) is 0.0482. The summed E-state index contributed by atoms with van der Waals surface area (Å²) in [5.74, 6) is -1.51. The third kappa shape index (κ3) is 15.0. The molecule has 236 valence electrons. The Hall–Kier alpha value is -4.11. The van der Waals surface area contributed by atoms with Crippen LogP contribution in [0.5, 0.6) is 0 Å². The average molecular weight is 593 g/mol. The molecule has 1 aromatic carbocycles. The molecule has 1 rings (SSSR count). The van der Waals surface area contributed by atoms with E-state index in [0.29, 0.717) is 32.2 Å². The van der Waals surface area contributed by atoms with Crippen molar-refractivity contribution in [1.29, 1.82) is 0 Å². The summed E-state index contributed by atoms with van der Waals surface area (Å²) in [7, 11) is 0. The molecule has 0 aliphatic carbocycles. The number of aliphatic hydroxyl groups excluding tert-OH is 2. The normalized spacial score (nSPS) is 13.6. The fraction of sp³-hybridized carbons (Fsp3) is 0.593. The van der Waals surface area contributed by atoms with Gasteiger partial charge in [0.05, 0.1) is 25.3 Å². The van der Waals surface area contributed by atoms with E-state index in [0.717, 1.165) is 5.56 Å². The van der Waals surface area contributed by atoms with Crippen molar-refractivity contribution in [2.24, 2.45) is 38.8 Å². The number of benzene rings is 1. The first kappa shape index (κ1) is 35.9. The van der Waals surface area contributed by atoms with Crippen molar-refractivity contribution in [3.8, 4) is 0 Å². The third-order valence-electron chi connectivity index (χ3n) is 6.27. The Morgan fingerprint density at radius 2 is 1.33 bits per heavy atom. The molecule has 1 aromatic rings. The van der Waals surface area contributed by atoms with E-state index in [2.05, 4.69) is 31.3 Å². The van der Waals surface area contributed by atoms with Crippen molar-refractivity contribution >= 4 is 29.8 Å². The highest BCUT2D eigenvalue weighted by atomic mass is 16.3. The minimum atomic E-state index is -1.03. The predicted molar refractivity (Wildman–Crippen MR) is 162 cm³/mol. The third-order valence-corrected chi connectivity index (χ3v) is 6.27. The lowest BCUT2D eigenvalue weighted by atomic mass is 10.0. The molecule has 0 bridgehead atoms. The van der Waals surface area contributed by atoms with Crippen molar-refractivity contribution in [2.45, 2.75) is 70.1 Å². The van der Waals surface area contributed by atoms with Crippen LogP contribution in [0.4, 0.5) is 4.79 Å². The molecule has 42 heavy (non-hydrogen) atoms. The summed E-state index contributed by atoms with van der Waals surface area (Å²) in [6.45, 7) is 3.49. The molecule has 0 saturated carbocycles. The number of aliphatic hydroxyl groups is 2. The van der Waals surface area contributed by atoms with Crippen molar-refractivity contribution < 1.29 is 24.6 Å². The molecule has 4 atom stereocenters. The van der Waals surface area contributed by atoms with E-state index in [1.165, 1.54) is 0 Å². The smallest absolute Gasteiger partial charge is 0.315 e. The summed E-state index contributed by atoms with van der Waals surface area (Å²) in [5, 5.41) is 30.3. The molecule has 15 heteroatoms.